The van der Waals surface area contributed by atoms with Gasteiger partial charge in [-0.3, -0.25) is 0 Å². The molecule has 106 valence electrons. The quantitative estimate of drug-likeness (QED) is 0.819. The fourth-order valence-electron chi connectivity index (χ4n) is 2.85. The van der Waals surface area contributed by atoms with Gasteiger partial charge >= 0.3 is 0 Å². The second-order valence-electron chi connectivity index (χ2n) is 5.30. The van der Waals surface area contributed by atoms with E-state index in [9.17, 15) is 4.39 Å². The first-order valence-electron chi connectivity index (χ1n) is 7.17. The van der Waals surface area contributed by atoms with Gasteiger partial charge in [0, 0.05) is 0 Å². The zero-order valence-electron chi connectivity index (χ0n) is 11.8. The number of benzene rings is 2. The summed E-state index contributed by atoms with van der Waals surface area (Å²) in [5.74, 6) is -0.248. The van der Waals surface area contributed by atoms with Gasteiger partial charge in [0.25, 0.3) is 0 Å². The third kappa shape index (κ3) is 2.55. The summed E-state index contributed by atoms with van der Waals surface area (Å²) in [7, 11) is 0. The molecule has 2 atom stereocenters. The van der Waals surface area contributed by atoms with E-state index in [-0.39, 0.29) is 18.0 Å². The molecule has 0 aromatic heterocycles. The highest BCUT2D eigenvalue weighted by Crippen LogP contribution is 2.44. The predicted octanol–water partition coefficient (Wildman–Crippen LogP) is 4.66. The molecule has 2 nitrogen and oxygen atoms in total. The normalized spacial score (nSPS) is 20.0. The van der Waals surface area contributed by atoms with Crippen LogP contribution in [0.1, 0.15) is 54.2 Å². The van der Waals surface area contributed by atoms with Gasteiger partial charge in [0.1, 0.15) is 11.9 Å². The summed E-state index contributed by atoms with van der Waals surface area (Å²) in [4.78, 5) is 0. The number of fused-ring (bicyclic) bond motifs is 1. The fraction of sp³-hybridized carbons (Fsp3) is 0.278. The molecule has 0 bridgehead atoms. The number of rotatable bonds is 3. The van der Waals surface area contributed by atoms with Gasteiger partial charge in [-0.25, -0.2) is 4.39 Å². The Morgan fingerprint density at radius 2 is 1.90 bits per heavy atom. The van der Waals surface area contributed by atoms with E-state index in [0.717, 1.165) is 29.5 Å². The molecule has 3 heteroatoms. The van der Waals surface area contributed by atoms with Gasteiger partial charge in [0.2, 0.25) is 0 Å². The molecule has 3 rings (SSSR count). The van der Waals surface area contributed by atoms with Crippen molar-refractivity contribution >= 4 is 0 Å². The summed E-state index contributed by atoms with van der Waals surface area (Å²) in [6, 6.07) is 14.3. The summed E-state index contributed by atoms with van der Waals surface area (Å²) in [5, 5.41) is 9.07. The second kappa shape index (κ2) is 5.67. The first-order chi connectivity index (χ1) is 10.2. The molecule has 0 N–H and O–H groups in total. The molecule has 0 fully saturated rings. The maximum atomic E-state index is 13.1. The molecule has 1 aliphatic heterocycles. The van der Waals surface area contributed by atoms with Crippen LogP contribution in [0.15, 0.2) is 42.5 Å². The minimum Gasteiger partial charge on any atom is -0.361 e. The van der Waals surface area contributed by atoms with Gasteiger partial charge in [-0.15, -0.1) is 0 Å². The van der Waals surface area contributed by atoms with E-state index in [1.54, 1.807) is 12.1 Å². The Labute approximate surface area is 123 Å². The maximum absolute atomic E-state index is 13.1. The van der Waals surface area contributed by atoms with Gasteiger partial charge in [0.05, 0.1) is 17.7 Å². The Hall–Kier alpha value is -2.18. The smallest absolute Gasteiger partial charge is 0.123 e. The summed E-state index contributed by atoms with van der Waals surface area (Å²) in [5.41, 5.74) is 3.77. The van der Waals surface area contributed by atoms with E-state index in [0.29, 0.717) is 5.56 Å². The summed E-state index contributed by atoms with van der Waals surface area (Å²) in [6.07, 6.45) is 1.76. The zero-order chi connectivity index (χ0) is 14.8. The minimum atomic E-state index is -0.248. The summed E-state index contributed by atoms with van der Waals surface area (Å²) < 4.78 is 19.3. The molecule has 0 saturated heterocycles. The zero-order valence-corrected chi connectivity index (χ0v) is 11.8. The van der Waals surface area contributed by atoms with Crippen LogP contribution in [-0.2, 0) is 4.74 Å². The van der Waals surface area contributed by atoms with Crippen LogP contribution in [0, 0.1) is 17.1 Å². The molecule has 0 spiro atoms. The highest BCUT2D eigenvalue weighted by Gasteiger charge is 2.32. The minimum absolute atomic E-state index is 0.00773. The first kappa shape index (κ1) is 13.8. The van der Waals surface area contributed by atoms with E-state index < -0.39 is 0 Å². The third-order valence-electron chi connectivity index (χ3n) is 3.87. The topological polar surface area (TPSA) is 33.0 Å². The van der Waals surface area contributed by atoms with Crippen molar-refractivity contribution < 1.29 is 9.13 Å². The molecule has 2 unspecified atom stereocenters. The molecule has 2 aromatic rings. The van der Waals surface area contributed by atoms with Crippen molar-refractivity contribution in [3.63, 3.8) is 0 Å². The lowest BCUT2D eigenvalue weighted by Crippen LogP contribution is -2.00. The average molecular weight is 281 g/mol. The van der Waals surface area contributed by atoms with E-state index >= 15 is 0 Å². The Balaban J connectivity index is 2.03. The SMILES string of the molecule is CCCC1OC(c2ccc(F)cc2)c2ccc(C#N)cc21. The van der Waals surface area contributed by atoms with Crippen molar-refractivity contribution in [2.45, 2.75) is 32.0 Å². The van der Waals surface area contributed by atoms with E-state index in [4.69, 9.17) is 10.00 Å². The van der Waals surface area contributed by atoms with Crippen molar-refractivity contribution in [2.24, 2.45) is 0 Å². The number of hydrogen-bond acceptors (Lipinski definition) is 2. The highest BCUT2D eigenvalue weighted by molar-refractivity contribution is 5.45. The fourth-order valence-corrected chi connectivity index (χ4v) is 2.85. The number of ether oxygens (including phenoxy) is 1. The first-order valence-corrected chi connectivity index (χ1v) is 7.17. The number of nitriles is 1. The van der Waals surface area contributed by atoms with Crippen LogP contribution < -0.4 is 0 Å². The van der Waals surface area contributed by atoms with E-state index in [1.807, 2.05) is 18.2 Å². The molecule has 0 amide bonds. The van der Waals surface area contributed by atoms with Crippen LogP contribution in [-0.4, -0.2) is 0 Å². The average Bonchev–Trinajstić information content (AvgIpc) is 2.86. The van der Waals surface area contributed by atoms with Crippen molar-refractivity contribution in [1.29, 1.82) is 5.26 Å². The van der Waals surface area contributed by atoms with Gasteiger partial charge < -0.3 is 4.74 Å². The number of hydrogen-bond donors (Lipinski definition) is 0. The molecule has 0 saturated carbocycles. The molecular formula is C18H16FNO. The lowest BCUT2D eigenvalue weighted by Gasteiger charge is -2.14. The lowest BCUT2D eigenvalue weighted by atomic mass is 9.95. The van der Waals surface area contributed by atoms with Crippen molar-refractivity contribution in [3.8, 4) is 6.07 Å². The van der Waals surface area contributed by atoms with Gasteiger partial charge in [-0.1, -0.05) is 31.5 Å². The van der Waals surface area contributed by atoms with Crippen molar-refractivity contribution in [3.05, 3.63) is 70.5 Å². The summed E-state index contributed by atoms with van der Waals surface area (Å²) in [6.45, 7) is 2.11. The molecule has 0 aliphatic carbocycles. The third-order valence-corrected chi connectivity index (χ3v) is 3.87. The number of nitrogens with zero attached hydrogens (tertiary/aromatic N) is 1. The van der Waals surface area contributed by atoms with Crippen LogP contribution in [0.3, 0.4) is 0 Å². The van der Waals surface area contributed by atoms with Crippen LogP contribution >= 0.6 is 0 Å². The predicted molar refractivity (Wildman–Crippen MR) is 78.1 cm³/mol. The summed E-state index contributed by atoms with van der Waals surface area (Å²) >= 11 is 0. The Kier molecular flexibility index (Phi) is 3.72. The van der Waals surface area contributed by atoms with Crippen LogP contribution in [0.25, 0.3) is 0 Å². The largest absolute Gasteiger partial charge is 0.361 e. The van der Waals surface area contributed by atoms with Gasteiger partial charge in [-0.2, -0.15) is 5.26 Å². The van der Waals surface area contributed by atoms with Crippen LogP contribution in [0.2, 0.25) is 0 Å². The van der Waals surface area contributed by atoms with Gasteiger partial charge in [-0.05, 0) is 47.4 Å². The lowest BCUT2D eigenvalue weighted by molar-refractivity contribution is 0.0281. The Morgan fingerprint density at radius 1 is 1.14 bits per heavy atom. The van der Waals surface area contributed by atoms with Crippen molar-refractivity contribution in [2.75, 3.05) is 0 Å². The maximum Gasteiger partial charge on any atom is 0.123 e. The van der Waals surface area contributed by atoms with Crippen LogP contribution in [0.4, 0.5) is 4.39 Å². The standard InChI is InChI=1S/C18H16FNO/c1-2-3-17-16-10-12(11-20)4-9-15(16)18(21-17)13-5-7-14(19)8-6-13/h4-10,17-18H,2-3H2,1H3. The van der Waals surface area contributed by atoms with Crippen molar-refractivity contribution in [1.82, 2.24) is 0 Å². The second-order valence-corrected chi connectivity index (χ2v) is 5.30. The highest BCUT2D eigenvalue weighted by atomic mass is 19.1. The van der Waals surface area contributed by atoms with E-state index in [2.05, 4.69) is 13.0 Å². The molecular weight excluding hydrogens is 265 g/mol. The Morgan fingerprint density at radius 3 is 2.57 bits per heavy atom. The van der Waals surface area contributed by atoms with Crippen LogP contribution in [0.5, 0.6) is 0 Å². The van der Waals surface area contributed by atoms with E-state index in [1.165, 1.54) is 12.1 Å². The molecule has 21 heavy (non-hydrogen) atoms. The van der Waals surface area contributed by atoms with Gasteiger partial charge in [0.15, 0.2) is 0 Å². The Bertz CT molecular complexity index is 687. The molecule has 0 radical (unpaired) electrons. The molecule has 1 aliphatic rings. The molecule has 1 heterocycles. The molecule has 2 aromatic carbocycles. The number of halogens is 1. The monoisotopic (exact) mass is 281 g/mol.